The maximum Gasteiger partial charge on any atom is 0.291 e. The second-order valence-corrected chi connectivity index (χ2v) is 8.75. The largest absolute Gasteiger partial charge is 0.497 e. The third kappa shape index (κ3) is 4.53. The van der Waals surface area contributed by atoms with Crippen LogP contribution < -0.4 is 15.4 Å². The van der Waals surface area contributed by atoms with Gasteiger partial charge in [-0.05, 0) is 73.9 Å². The highest BCUT2D eigenvalue weighted by Gasteiger charge is 2.26. The van der Waals surface area contributed by atoms with Gasteiger partial charge in [0.05, 0.1) is 19.4 Å². The first-order valence-electron chi connectivity index (χ1n) is 10.2. The molecule has 3 aromatic heterocycles. The third-order valence-electron chi connectivity index (χ3n) is 5.33. The number of furan rings is 1. The molecule has 1 atom stereocenters. The van der Waals surface area contributed by atoms with Gasteiger partial charge in [0.2, 0.25) is 0 Å². The quantitative estimate of drug-likeness (QED) is 0.357. The lowest BCUT2D eigenvalue weighted by molar-refractivity contribution is 0.0997. The SMILES string of the molecule is COc1cccc([C@H](Nc2cc(C)ccn2)c2c(NC(=O)c3ccco3)sc(C)c2C)c1. The highest BCUT2D eigenvalue weighted by molar-refractivity contribution is 7.16. The number of ether oxygens (including phenoxy) is 1. The van der Waals surface area contributed by atoms with Crippen LogP contribution in [0.1, 0.15) is 43.7 Å². The van der Waals surface area contributed by atoms with Crippen LogP contribution in [-0.4, -0.2) is 18.0 Å². The van der Waals surface area contributed by atoms with Crippen LogP contribution in [0.3, 0.4) is 0 Å². The first kappa shape index (κ1) is 21.6. The van der Waals surface area contributed by atoms with E-state index in [0.717, 1.165) is 43.7 Å². The van der Waals surface area contributed by atoms with Crippen LogP contribution >= 0.6 is 11.3 Å². The number of amides is 1. The van der Waals surface area contributed by atoms with Gasteiger partial charge in [-0.1, -0.05) is 12.1 Å². The number of hydrogen-bond acceptors (Lipinski definition) is 6. The Hall–Kier alpha value is -3.58. The van der Waals surface area contributed by atoms with Crippen molar-refractivity contribution in [3.63, 3.8) is 0 Å². The number of methoxy groups -OCH3 is 1. The zero-order valence-corrected chi connectivity index (χ0v) is 19.2. The van der Waals surface area contributed by atoms with Gasteiger partial charge >= 0.3 is 0 Å². The fraction of sp³-hybridized carbons (Fsp3) is 0.200. The van der Waals surface area contributed by atoms with Gasteiger partial charge < -0.3 is 19.8 Å². The van der Waals surface area contributed by atoms with Gasteiger partial charge in [-0.25, -0.2) is 4.98 Å². The van der Waals surface area contributed by atoms with E-state index in [1.54, 1.807) is 36.8 Å². The van der Waals surface area contributed by atoms with E-state index in [4.69, 9.17) is 9.15 Å². The number of nitrogens with zero attached hydrogens (tertiary/aromatic N) is 1. The number of aryl methyl sites for hydroxylation is 2. The van der Waals surface area contributed by atoms with Gasteiger partial charge in [0, 0.05) is 16.6 Å². The van der Waals surface area contributed by atoms with Crippen LogP contribution in [0.2, 0.25) is 0 Å². The van der Waals surface area contributed by atoms with E-state index in [-0.39, 0.29) is 17.7 Å². The Bertz CT molecular complexity index is 1230. The summed E-state index contributed by atoms with van der Waals surface area (Å²) in [7, 11) is 1.65. The number of carbonyl (C=O) groups is 1. The van der Waals surface area contributed by atoms with Gasteiger partial charge in [-0.3, -0.25) is 4.79 Å². The van der Waals surface area contributed by atoms with Gasteiger partial charge in [0.15, 0.2) is 5.76 Å². The van der Waals surface area contributed by atoms with Crippen LogP contribution in [0.15, 0.2) is 65.4 Å². The topological polar surface area (TPSA) is 76.4 Å². The standard InChI is InChI=1S/C25H25N3O3S/c1-15-10-11-26-21(13-15)27-23(18-7-5-8-19(14-18)30-4)22-16(2)17(3)32-25(22)28-24(29)20-9-6-12-31-20/h5-14,23H,1-4H3,(H,26,27)(H,28,29)/t23-/m0/s1. The third-order valence-corrected chi connectivity index (χ3v) is 6.47. The molecule has 0 saturated carbocycles. The van der Waals surface area contributed by atoms with Gasteiger partial charge in [-0.2, -0.15) is 0 Å². The Morgan fingerprint density at radius 3 is 2.69 bits per heavy atom. The molecule has 0 saturated heterocycles. The predicted octanol–water partition coefficient (Wildman–Crippen LogP) is 6.12. The van der Waals surface area contributed by atoms with Crippen LogP contribution in [0.5, 0.6) is 5.75 Å². The summed E-state index contributed by atoms with van der Waals surface area (Å²) in [5.74, 6) is 1.50. The number of carbonyl (C=O) groups excluding carboxylic acids is 1. The van der Waals surface area contributed by atoms with Crippen molar-refractivity contribution in [1.82, 2.24) is 4.98 Å². The summed E-state index contributed by atoms with van der Waals surface area (Å²) < 4.78 is 10.7. The Balaban J connectivity index is 1.80. The highest BCUT2D eigenvalue weighted by atomic mass is 32.1. The second-order valence-electron chi connectivity index (χ2n) is 7.53. The van der Waals surface area contributed by atoms with Crippen molar-refractivity contribution in [3.05, 3.63) is 93.9 Å². The lowest BCUT2D eigenvalue weighted by Gasteiger charge is -2.23. The molecule has 0 spiro atoms. The zero-order valence-electron chi connectivity index (χ0n) is 18.4. The summed E-state index contributed by atoms with van der Waals surface area (Å²) in [6.07, 6.45) is 3.27. The van der Waals surface area contributed by atoms with E-state index < -0.39 is 0 Å². The molecule has 6 nitrogen and oxygen atoms in total. The number of rotatable bonds is 7. The number of hydrogen-bond donors (Lipinski definition) is 2. The van der Waals surface area contributed by atoms with E-state index >= 15 is 0 Å². The molecule has 1 aromatic carbocycles. The number of aromatic nitrogens is 1. The van der Waals surface area contributed by atoms with Crippen molar-refractivity contribution in [2.45, 2.75) is 26.8 Å². The molecule has 0 aliphatic heterocycles. The molecule has 0 radical (unpaired) electrons. The first-order chi connectivity index (χ1) is 15.5. The summed E-state index contributed by atoms with van der Waals surface area (Å²) in [5.41, 5.74) is 4.21. The van der Waals surface area contributed by atoms with E-state index in [1.807, 2.05) is 43.3 Å². The zero-order chi connectivity index (χ0) is 22.7. The van der Waals surface area contributed by atoms with E-state index in [2.05, 4.69) is 29.5 Å². The Morgan fingerprint density at radius 2 is 1.97 bits per heavy atom. The molecule has 0 unspecified atom stereocenters. The molecule has 1 amide bonds. The summed E-state index contributed by atoms with van der Waals surface area (Å²) in [6.45, 7) is 6.16. The molecule has 0 aliphatic carbocycles. The lowest BCUT2D eigenvalue weighted by Crippen LogP contribution is -2.18. The van der Waals surface area contributed by atoms with Crippen LogP contribution in [0.25, 0.3) is 0 Å². The van der Waals surface area contributed by atoms with Crippen LogP contribution in [0, 0.1) is 20.8 Å². The minimum Gasteiger partial charge on any atom is -0.497 e. The Kier molecular flexibility index (Phi) is 6.28. The minimum atomic E-state index is -0.282. The summed E-state index contributed by atoms with van der Waals surface area (Å²) in [5, 5.41) is 7.39. The molecule has 4 rings (SSSR count). The van der Waals surface area contributed by atoms with Gasteiger partial charge in [0.1, 0.15) is 16.6 Å². The average Bonchev–Trinajstić information content (AvgIpc) is 3.41. The fourth-order valence-electron chi connectivity index (χ4n) is 3.56. The maximum atomic E-state index is 12.8. The molecule has 2 N–H and O–H groups in total. The average molecular weight is 448 g/mol. The van der Waals surface area contributed by atoms with E-state index in [9.17, 15) is 4.79 Å². The van der Waals surface area contributed by atoms with Crippen molar-refractivity contribution in [3.8, 4) is 5.75 Å². The van der Waals surface area contributed by atoms with Crippen LogP contribution in [0.4, 0.5) is 10.8 Å². The number of nitrogens with one attached hydrogen (secondary N) is 2. The number of thiophene rings is 1. The minimum absolute atomic E-state index is 0.253. The molecule has 4 aromatic rings. The monoisotopic (exact) mass is 447 g/mol. The number of benzene rings is 1. The van der Waals surface area contributed by atoms with Crippen molar-refractivity contribution < 1.29 is 13.9 Å². The Labute approximate surface area is 191 Å². The summed E-state index contributed by atoms with van der Waals surface area (Å²) in [6, 6.07) is 15.0. The fourth-order valence-corrected chi connectivity index (χ4v) is 4.66. The first-order valence-corrected chi connectivity index (χ1v) is 11.1. The predicted molar refractivity (Wildman–Crippen MR) is 128 cm³/mol. The Morgan fingerprint density at radius 1 is 1.12 bits per heavy atom. The molecule has 0 bridgehead atoms. The van der Waals surface area contributed by atoms with E-state index in [0.29, 0.717) is 0 Å². The maximum absolute atomic E-state index is 12.8. The molecule has 164 valence electrons. The van der Waals surface area contributed by atoms with Crippen molar-refractivity contribution >= 4 is 28.1 Å². The normalized spacial score (nSPS) is 11.8. The van der Waals surface area contributed by atoms with Crippen molar-refractivity contribution in [1.29, 1.82) is 0 Å². The van der Waals surface area contributed by atoms with Crippen molar-refractivity contribution in [2.75, 3.05) is 17.7 Å². The molecule has 0 aliphatic rings. The highest BCUT2D eigenvalue weighted by Crippen LogP contribution is 2.41. The smallest absolute Gasteiger partial charge is 0.291 e. The van der Waals surface area contributed by atoms with E-state index in [1.165, 1.54) is 6.26 Å². The lowest BCUT2D eigenvalue weighted by atomic mass is 9.96. The van der Waals surface area contributed by atoms with Crippen LogP contribution in [-0.2, 0) is 0 Å². The second kappa shape index (κ2) is 9.28. The van der Waals surface area contributed by atoms with Gasteiger partial charge in [-0.15, -0.1) is 11.3 Å². The molecule has 7 heteroatoms. The molecule has 32 heavy (non-hydrogen) atoms. The van der Waals surface area contributed by atoms with Crippen molar-refractivity contribution in [2.24, 2.45) is 0 Å². The molecule has 0 fully saturated rings. The summed E-state index contributed by atoms with van der Waals surface area (Å²) >= 11 is 1.55. The molecule has 3 heterocycles. The summed E-state index contributed by atoms with van der Waals surface area (Å²) in [4.78, 5) is 18.4. The molecular formula is C25H25N3O3S. The number of anilines is 2. The molecular weight excluding hydrogens is 422 g/mol. The van der Waals surface area contributed by atoms with Gasteiger partial charge in [0.25, 0.3) is 5.91 Å². The number of pyridine rings is 1.